The Hall–Kier alpha value is -2.01. The molecule has 6 heteroatoms. The van der Waals surface area contributed by atoms with Crippen LogP contribution < -0.4 is 16.6 Å². The molecule has 20 heavy (non-hydrogen) atoms. The first-order valence-corrected chi connectivity index (χ1v) is 6.54. The molecule has 0 saturated carbocycles. The van der Waals surface area contributed by atoms with E-state index in [0.717, 1.165) is 15.8 Å². The van der Waals surface area contributed by atoms with Crippen LogP contribution in [0.3, 0.4) is 0 Å². The van der Waals surface area contributed by atoms with Crippen LogP contribution in [0, 0.1) is 6.92 Å². The highest BCUT2D eigenvalue weighted by atomic mass is 35.5. The van der Waals surface area contributed by atoms with E-state index in [1.165, 1.54) is 17.7 Å². The maximum absolute atomic E-state index is 11.8. The fourth-order valence-electron chi connectivity index (χ4n) is 1.90. The predicted octanol–water partition coefficient (Wildman–Crippen LogP) is 1.66. The van der Waals surface area contributed by atoms with E-state index < -0.39 is 0 Å². The maximum Gasteiger partial charge on any atom is 0.330 e. The maximum atomic E-state index is 11.8. The first-order valence-electron chi connectivity index (χ1n) is 6.16. The van der Waals surface area contributed by atoms with Crippen molar-refractivity contribution in [2.75, 3.05) is 5.32 Å². The van der Waals surface area contributed by atoms with Crippen LogP contribution in [-0.2, 0) is 20.6 Å². The molecule has 0 bridgehead atoms. The van der Waals surface area contributed by atoms with Crippen LogP contribution in [0.1, 0.15) is 11.3 Å². The number of benzene rings is 1. The van der Waals surface area contributed by atoms with Gasteiger partial charge in [-0.3, -0.25) is 13.9 Å². The number of aryl methyl sites for hydroxylation is 1. The number of hydrogen-bond acceptors (Lipinski definition) is 3. The van der Waals surface area contributed by atoms with Gasteiger partial charge in [0, 0.05) is 25.9 Å². The standard InChI is InChI=1S/C14H16ClN3O2/c1-9-4-5-12(11(15)6-9)16-8-10-7-13(19)18(3)14(20)17(10)2/h4-7,16H,8H2,1-3H3. The highest BCUT2D eigenvalue weighted by molar-refractivity contribution is 6.33. The number of hydrogen-bond donors (Lipinski definition) is 1. The topological polar surface area (TPSA) is 56.0 Å². The van der Waals surface area contributed by atoms with Gasteiger partial charge in [0.15, 0.2) is 0 Å². The lowest BCUT2D eigenvalue weighted by Crippen LogP contribution is -2.38. The molecule has 0 amide bonds. The first kappa shape index (κ1) is 14.4. The normalized spacial score (nSPS) is 10.6. The van der Waals surface area contributed by atoms with Crippen molar-refractivity contribution >= 4 is 17.3 Å². The first-order chi connectivity index (χ1) is 9.40. The summed E-state index contributed by atoms with van der Waals surface area (Å²) in [5, 5.41) is 3.74. The van der Waals surface area contributed by atoms with Crippen molar-refractivity contribution in [2.45, 2.75) is 13.5 Å². The molecule has 0 saturated heterocycles. The number of rotatable bonds is 3. The van der Waals surface area contributed by atoms with Gasteiger partial charge in [-0.2, -0.15) is 0 Å². The fraction of sp³-hybridized carbons (Fsp3) is 0.286. The third-order valence-corrected chi connectivity index (χ3v) is 3.52. The molecule has 1 aromatic heterocycles. The Balaban J connectivity index is 2.28. The zero-order valence-electron chi connectivity index (χ0n) is 11.6. The summed E-state index contributed by atoms with van der Waals surface area (Å²) in [6.45, 7) is 2.31. The second-order valence-electron chi connectivity index (χ2n) is 4.71. The minimum Gasteiger partial charge on any atom is -0.378 e. The molecule has 0 atom stereocenters. The third kappa shape index (κ3) is 2.77. The number of anilines is 1. The zero-order chi connectivity index (χ0) is 14.9. The molecule has 0 unspecified atom stereocenters. The van der Waals surface area contributed by atoms with Crippen molar-refractivity contribution in [2.24, 2.45) is 14.1 Å². The summed E-state index contributed by atoms with van der Waals surface area (Å²) in [5.74, 6) is 0. The lowest BCUT2D eigenvalue weighted by molar-refractivity contribution is 0.655. The Morgan fingerprint density at radius 3 is 2.50 bits per heavy atom. The van der Waals surface area contributed by atoms with Crippen molar-refractivity contribution in [1.82, 2.24) is 9.13 Å². The summed E-state index contributed by atoms with van der Waals surface area (Å²) in [5.41, 5.74) is 1.78. The van der Waals surface area contributed by atoms with Crippen LogP contribution in [0.4, 0.5) is 5.69 Å². The Labute approximate surface area is 121 Å². The Morgan fingerprint density at radius 1 is 1.15 bits per heavy atom. The fourth-order valence-corrected chi connectivity index (χ4v) is 2.20. The van der Waals surface area contributed by atoms with E-state index in [9.17, 15) is 9.59 Å². The van der Waals surface area contributed by atoms with Gasteiger partial charge in [0.25, 0.3) is 5.56 Å². The lowest BCUT2D eigenvalue weighted by Gasteiger charge is -2.12. The molecule has 2 rings (SSSR count). The van der Waals surface area contributed by atoms with Gasteiger partial charge in [-0.15, -0.1) is 0 Å². The molecule has 0 fully saturated rings. The van der Waals surface area contributed by atoms with Crippen LogP contribution in [0.25, 0.3) is 0 Å². The predicted molar refractivity (Wildman–Crippen MR) is 80.4 cm³/mol. The van der Waals surface area contributed by atoms with Crippen molar-refractivity contribution in [3.05, 3.63) is 61.4 Å². The van der Waals surface area contributed by atoms with Gasteiger partial charge in [0.2, 0.25) is 0 Å². The van der Waals surface area contributed by atoms with Gasteiger partial charge in [-0.1, -0.05) is 17.7 Å². The van der Waals surface area contributed by atoms with Gasteiger partial charge in [-0.25, -0.2) is 4.79 Å². The third-order valence-electron chi connectivity index (χ3n) is 3.21. The van der Waals surface area contributed by atoms with Crippen molar-refractivity contribution in [1.29, 1.82) is 0 Å². The van der Waals surface area contributed by atoms with Crippen LogP contribution in [0.15, 0.2) is 33.9 Å². The molecule has 106 valence electrons. The molecule has 0 spiro atoms. The van der Waals surface area contributed by atoms with Crippen LogP contribution >= 0.6 is 11.6 Å². The molecule has 1 aromatic carbocycles. The number of aromatic nitrogens is 2. The molecular formula is C14H16ClN3O2. The molecular weight excluding hydrogens is 278 g/mol. The van der Waals surface area contributed by atoms with E-state index in [1.807, 2.05) is 25.1 Å². The van der Waals surface area contributed by atoms with E-state index in [1.54, 1.807) is 7.05 Å². The van der Waals surface area contributed by atoms with Crippen LogP contribution in [-0.4, -0.2) is 9.13 Å². The van der Waals surface area contributed by atoms with Crippen molar-refractivity contribution < 1.29 is 0 Å². The zero-order valence-corrected chi connectivity index (χ0v) is 12.4. The number of nitrogens with zero attached hydrogens (tertiary/aromatic N) is 2. The van der Waals surface area contributed by atoms with Gasteiger partial charge < -0.3 is 5.32 Å². The van der Waals surface area contributed by atoms with Crippen molar-refractivity contribution in [3.63, 3.8) is 0 Å². The van der Waals surface area contributed by atoms with E-state index in [2.05, 4.69) is 5.32 Å². The largest absolute Gasteiger partial charge is 0.378 e. The monoisotopic (exact) mass is 293 g/mol. The van der Waals surface area contributed by atoms with E-state index in [0.29, 0.717) is 17.3 Å². The molecule has 5 nitrogen and oxygen atoms in total. The second-order valence-corrected chi connectivity index (χ2v) is 5.12. The highest BCUT2D eigenvalue weighted by Crippen LogP contribution is 2.22. The van der Waals surface area contributed by atoms with Gasteiger partial charge in [-0.05, 0) is 24.6 Å². The quantitative estimate of drug-likeness (QED) is 0.936. The molecule has 1 heterocycles. The Morgan fingerprint density at radius 2 is 1.85 bits per heavy atom. The van der Waals surface area contributed by atoms with E-state index in [4.69, 9.17) is 11.6 Å². The smallest absolute Gasteiger partial charge is 0.330 e. The number of halogens is 1. The summed E-state index contributed by atoms with van der Waals surface area (Å²) in [6, 6.07) is 7.11. The summed E-state index contributed by atoms with van der Waals surface area (Å²) in [7, 11) is 3.09. The minimum absolute atomic E-state index is 0.320. The minimum atomic E-state index is -0.343. The second kappa shape index (κ2) is 5.54. The molecule has 0 aliphatic heterocycles. The summed E-state index contributed by atoms with van der Waals surface area (Å²) >= 11 is 6.13. The molecule has 0 aliphatic carbocycles. The average Bonchev–Trinajstić information content (AvgIpc) is 2.40. The SMILES string of the molecule is Cc1ccc(NCc2cc(=O)n(C)c(=O)n2C)c(Cl)c1. The molecule has 0 aliphatic rings. The van der Waals surface area contributed by atoms with Gasteiger partial charge in [0.05, 0.1) is 17.3 Å². The van der Waals surface area contributed by atoms with Gasteiger partial charge >= 0.3 is 5.69 Å². The van der Waals surface area contributed by atoms with Crippen molar-refractivity contribution in [3.8, 4) is 0 Å². The number of nitrogens with one attached hydrogen (secondary N) is 1. The summed E-state index contributed by atoms with van der Waals surface area (Å²) in [6.07, 6.45) is 0. The molecule has 1 N–H and O–H groups in total. The van der Waals surface area contributed by atoms with E-state index >= 15 is 0 Å². The highest BCUT2D eigenvalue weighted by Gasteiger charge is 2.06. The molecule has 0 radical (unpaired) electrons. The summed E-state index contributed by atoms with van der Waals surface area (Å²) < 4.78 is 2.51. The summed E-state index contributed by atoms with van der Waals surface area (Å²) in [4.78, 5) is 23.4. The Bertz CT molecular complexity index is 762. The average molecular weight is 294 g/mol. The van der Waals surface area contributed by atoms with Crippen LogP contribution in [0.5, 0.6) is 0 Å². The van der Waals surface area contributed by atoms with Crippen LogP contribution in [0.2, 0.25) is 5.02 Å². The van der Waals surface area contributed by atoms with E-state index in [-0.39, 0.29) is 11.2 Å². The lowest BCUT2D eigenvalue weighted by atomic mass is 10.2. The molecule has 2 aromatic rings. The van der Waals surface area contributed by atoms with Gasteiger partial charge in [0.1, 0.15) is 0 Å². The Kier molecular flexibility index (Phi) is 3.99.